The first-order chi connectivity index (χ1) is 14.4. The van der Waals surface area contributed by atoms with Crippen LogP contribution in [-0.2, 0) is 27.6 Å². The van der Waals surface area contributed by atoms with Gasteiger partial charge in [-0.25, -0.2) is 12.8 Å². The van der Waals surface area contributed by atoms with Crippen molar-refractivity contribution in [2.24, 2.45) is 0 Å². The topological polar surface area (TPSA) is 59.4 Å². The molecule has 5 nitrogen and oxygen atoms in total. The molecule has 0 radical (unpaired) electrons. The first-order valence-corrected chi connectivity index (χ1v) is 11.3. The Kier molecular flexibility index (Phi) is 5.55. The lowest BCUT2D eigenvalue weighted by molar-refractivity contribution is -0.132. The highest BCUT2D eigenvalue weighted by atomic mass is 32.2. The number of benzene rings is 2. The highest BCUT2D eigenvalue weighted by molar-refractivity contribution is 7.94. The molecule has 0 bridgehead atoms. The maximum absolute atomic E-state index is 14.2. The smallest absolute Gasteiger partial charge is 0.227 e. The largest absolute Gasteiger partial charge is 0.330 e. The molecule has 1 amide bonds. The second-order valence-electron chi connectivity index (χ2n) is 7.27. The van der Waals surface area contributed by atoms with Crippen LogP contribution in [0.15, 0.2) is 84.5 Å². The summed E-state index contributed by atoms with van der Waals surface area (Å²) in [4.78, 5) is 14.6. The van der Waals surface area contributed by atoms with Crippen molar-refractivity contribution in [1.29, 1.82) is 0 Å². The summed E-state index contributed by atoms with van der Waals surface area (Å²) in [6.45, 7) is 0.0114. The molecule has 3 aromatic rings. The van der Waals surface area contributed by atoms with Gasteiger partial charge in [-0.05, 0) is 42.0 Å². The number of aromatic nitrogens is 1. The Bertz CT molecular complexity index is 1170. The van der Waals surface area contributed by atoms with Crippen LogP contribution in [0.5, 0.6) is 0 Å². The Morgan fingerprint density at radius 3 is 2.37 bits per heavy atom. The summed E-state index contributed by atoms with van der Waals surface area (Å²) in [5, 5.41) is 1.13. The first kappa shape index (κ1) is 20.1. The summed E-state index contributed by atoms with van der Waals surface area (Å²) >= 11 is 0. The normalized spacial score (nSPS) is 17.2. The van der Waals surface area contributed by atoms with Crippen LogP contribution in [0, 0.1) is 5.82 Å². The van der Waals surface area contributed by atoms with Crippen molar-refractivity contribution in [2.45, 2.75) is 19.0 Å². The van der Waals surface area contributed by atoms with Crippen LogP contribution in [0.2, 0.25) is 0 Å². The molecule has 0 aliphatic carbocycles. The molecule has 30 heavy (non-hydrogen) atoms. The van der Waals surface area contributed by atoms with Gasteiger partial charge in [0, 0.05) is 35.6 Å². The summed E-state index contributed by atoms with van der Waals surface area (Å²) in [6, 6.07) is 17.1. The molecule has 0 spiro atoms. The first-order valence-electron chi connectivity index (χ1n) is 9.57. The minimum absolute atomic E-state index is 0.0114. The van der Waals surface area contributed by atoms with Gasteiger partial charge in [-0.1, -0.05) is 30.3 Å². The number of carbonyl (C=O) groups excluding carboxylic acids is 1. The van der Waals surface area contributed by atoms with E-state index in [0.29, 0.717) is 5.56 Å². The summed E-state index contributed by atoms with van der Waals surface area (Å²) < 4.78 is 39.9. The van der Waals surface area contributed by atoms with E-state index < -0.39 is 21.7 Å². The van der Waals surface area contributed by atoms with E-state index in [1.165, 1.54) is 17.0 Å². The van der Waals surface area contributed by atoms with Crippen molar-refractivity contribution in [3.8, 4) is 5.69 Å². The lowest BCUT2D eigenvalue weighted by Gasteiger charge is -2.28. The van der Waals surface area contributed by atoms with Gasteiger partial charge in [0.2, 0.25) is 5.91 Å². The van der Waals surface area contributed by atoms with E-state index in [2.05, 4.69) is 0 Å². The SMILES string of the molecule is O=C(Cc1ccc(-n2cccc2)cc1)N(Cc1ccccc1F)C1C=CS(=O)(=O)C1. The average Bonchev–Trinajstić information content (AvgIpc) is 3.37. The van der Waals surface area contributed by atoms with Crippen molar-refractivity contribution in [3.63, 3.8) is 0 Å². The molecule has 0 saturated carbocycles. The Morgan fingerprint density at radius 2 is 1.73 bits per heavy atom. The zero-order valence-corrected chi connectivity index (χ0v) is 17.0. The second-order valence-corrected chi connectivity index (χ2v) is 9.20. The maximum Gasteiger partial charge on any atom is 0.227 e. The maximum atomic E-state index is 14.2. The number of amides is 1. The number of sulfone groups is 1. The molecule has 2 heterocycles. The summed E-state index contributed by atoms with van der Waals surface area (Å²) in [5.41, 5.74) is 2.13. The van der Waals surface area contributed by atoms with E-state index in [-0.39, 0.29) is 24.6 Å². The lowest BCUT2D eigenvalue weighted by Crippen LogP contribution is -2.41. The van der Waals surface area contributed by atoms with Crippen LogP contribution in [0.25, 0.3) is 5.69 Å². The van der Waals surface area contributed by atoms with Crippen LogP contribution < -0.4 is 0 Å². The van der Waals surface area contributed by atoms with Gasteiger partial charge in [0.1, 0.15) is 5.82 Å². The molecule has 0 fully saturated rings. The average molecular weight is 424 g/mol. The molecule has 4 rings (SSSR count). The van der Waals surface area contributed by atoms with E-state index in [4.69, 9.17) is 0 Å². The van der Waals surface area contributed by atoms with Gasteiger partial charge in [0.15, 0.2) is 9.84 Å². The molecular weight excluding hydrogens is 403 g/mol. The molecule has 154 valence electrons. The van der Waals surface area contributed by atoms with Gasteiger partial charge >= 0.3 is 0 Å². The van der Waals surface area contributed by atoms with Crippen molar-refractivity contribution >= 4 is 15.7 Å². The molecule has 1 aromatic heterocycles. The van der Waals surface area contributed by atoms with E-state index in [0.717, 1.165) is 16.7 Å². The molecule has 1 aliphatic heterocycles. The van der Waals surface area contributed by atoms with Gasteiger partial charge < -0.3 is 9.47 Å². The number of hydrogen-bond donors (Lipinski definition) is 0. The van der Waals surface area contributed by atoms with Gasteiger partial charge in [-0.3, -0.25) is 4.79 Å². The van der Waals surface area contributed by atoms with E-state index in [1.54, 1.807) is 18.2 Å². The minimum atomic E-state index is -3.35. The lowest BCUT2D eigenvalue weighted by atomic mass is 10.1. The fraction of sp³-hybridized carbons (Fsp3) is 0.174. The fourth-order valence-electron chi connectivity index (χ4n) is 3.52. The molecule has 1 unspecified atom stereocenters. The third-order valence-corrected chi connectivity index (χ3v) is 6.50. The molecule has 2 aromatic carbocycles. The number of nitrogens with zero attached hydrogens (tertiary/aromatic N) is 2. The molecule has 1 aliphatic rings. The standard InChI is InChI=1S/C23H21FN2O3S/c24-22-6-2-1-5-19(22)16-26(21-11-14-30(28,29)17-21)23(27)15-18-7-9-20(10-8-18)25-12-3-4-13-25/h1-14,21H,15-17H2. The third-order valence-electron chi connectivity index (χ3n) is 5.12. The van der Waals surface area contributed by atoms with Crippen molar-refractivity contribution < 1.29 is 17.6 Å². The number of hydrogen-bond acceptors (Lipinski definition) is 3. The highest BCUT2D eigenvalue weighted by Crippen LogP contribution is 2.21. The Labute approximate surface area is 175 Å². The number of carbonyl (C=O) groups is 1. The summed E-state index contributed by atoms with van der Waals surface area (Å²) in [7, 11) is -3.35. The Balaban J connectivity index is 1.54. The summed E-state index contributed by atoms with van der Waals surface area (Å²) in [6.07, 6.45) is 5.47. The van der Waals surface area contributed by atoms with Crippen LogP contribution >= 0.6 is 0 Å². The highest BCUT2D eigenvalue weighted by Gasteiger charge is 2.30. The van der Waals surface area contributed by atoms with Crippen molar-refractivity contribution in [3.05, 3.63) is 101 Å². The number of halogens is 1. The predicted molar refractivity (Wildman–Crippen MR) is 113 cm³/mol. The van der Waals surface area contributed by atoms with Crippen LogP contribution in [0.1, 0.15) is 11.1 Å². The molecular formula is C23H21FN2O3S. The fourth-order valence-corrected chi connectivity index (χ4v) is 4.82. The van der Waals surface area contributed by atoms with E-state index in [1.807, 2.05) is 53.4 Å². The van der Waals surface area contributed by atoms with Gasteiger partial charge in [0.05, 0.1) is 18.2 Å². The van der Waals surface area contributed by atoms with E-state index >= 15 is 0 Å². The van der Waals surface area contributed by atoms with Crippen molar-refractivity contribution in [2.75, 3.05) is 5.75 Å². The van der Waals surface area contributed by atoms with Crippen LogP contribution in [0.4, 0.5) is 4.39 Å². The molecule has 1 atom stereocenters. The third kappa shape index (κ3) is 4.52. The van der Waals surface area contributed by atoms with Crippen LogP contribution in [0.3, 0.4) is 0 Å². The predicted octanol–water partition coefficient (Wildman–Crippen LogP) is 3.50. The van der Waals surface area contributed by atoms with Crippen LogP contribution in [-0.4, -0.2) is 35.6 Å². The molecule has 7 heteroatoms. The molecule has 0 N–H and O–H groups in total. The monoisotopic (exact) mass is 424 g/mol. The van der Waals surface area contributed by atoms with Crippen molar-refractivity contribution in [1.82, 2.24) is 9.47 Å². The molecule has 0 saturated heterocycles. The zero-order chi connectivity index (χ0) is 21.1. The minimum Gasteiger partial charge on any atom is -0.330 e. The quantitative estimate of drug-likeness (QED) is 0.609. The van der Waals surface area contributed by atoms with Gasteiger partial charge in [0.25, 0.3) is 0 Å². The Hall–Kier alpha value is -3.19. The van der Waals surface area contributed by atoms with E-state index in [9.17, 15) is 17.6 Å². The zero-order valence-electron chi connectivity index (χ0n) is 16.2. The number of rotatable bonds is 6. The van der Waals surface area contributed by atoms with Gasteiger partial charge in [-0.15, -0.1) is 0 Å². The Morgan fingerprint density at radius 1 is 1.03 bits per heavy atom. The summed E-state index contributed by atoms with van der Waals surface area (Å²) in [5.74, 6) is -0.852. The van der Waals surface area contributed by atoms with Gasteiger partial charge in [-0.2, -0.15) is 0 Å². The second kappa shape index (κ2) is 8.28.